The molecule has 114 valence electrons. The maximum absolute atomic E-state index is 10.8. The van der Waals surface area contributed by atoms with Crippen molar-refractivity contribution in [3.8, 4) is 22.8 Å². The van der Waals surface area contributed by atoms with Gasteiger partial charge in [-0.2, -0.15) is 5.10 Å². The molecule has 0 bridgehead atoms. The standard InChI is InChI=1S/C14H9N5O4/c20-18(21)11-5-1-3-9(7-11)13-15-14(17-16-13)10-4-2-6-12(8-10)19(22)23/h1-8H,(H,15,16,17). The predicted molar refractivity (Wildman–Crippen MR) is 80.6 cm³/mol. The Morgan fingerprint density at radius 2 is 1.43 bits per heavy atom. The van der Waals surface area contributed by atoms with E-state index >= 15 is 0 Å². The van der Waals surface area contributed by atoms with E-state index in [1.165, 1.54) is 30.3 Å². The van der Waals surface area contributed by atoms with Crippen molar-refractivity contribution in [1.82, 2.24) is 15.2 Å². The summed E-state index contributed by atoms with van der Waals surface area (Å²) in [5, 5.41) is 28.3. The van der Waals surface area contributed by atoms with Gasteiger partial charge in [-0.25, -0.2) is 4.98 Å². The lowest BCUT2D eigenvalue weighted by Crippen LogP contribution is -1.89. The summed E-state index contributed by atoms with van der Waals surface area (Å²) in [5.74, 6) is 0.616. The Kier molecular flexibility index (Phi) is 3.51. The Labute approximate surface area is 128 Å². The highest BCUT2D eigenvalue weighted by molar-refractivity contribution is 5.64. The van der Waals surface area contributed by atoms with E-state index in [2.05, 4.69) is 15.2 Å². The molecule has 3 rings (SSSR count). The second-order valence-electron chi connectivity index (χ2n) is 4.62. The highest BCUT2D eigenvalue weighted by atomic mass is 16.6. The van der Waals surface area contributed by atoms with Crippen LogP contribution in [0, 0.1) is 20.2 Å². The zero-order valence-electron chi connectivity index (χ0n) is 11.5. The van der Waals surface area contributed by atoms with Crippen LogP contribution in [0.2, 0.25) is 0 Å². The van der Waals surface area contributed by atoms with E-state index in [1.807, 2.05) is 0 Å². The number of nitro groups is 2. The van der Waals surface area contributed by atoms with Gasteiger partial charge >= 0.3 is 0 Å². The smallest absolute Gasteiger partial charge is 0.259 e. The zero-order chi connectivity index (χ0) is 16.4. The van der Waals surface area contributed by atoms with E-state index in [0.29, 0.717) is 17.0 Å². The summed E-state index contributed by atoms with van der Waals surface area (Å²) in [6, 6.07) is 11.9. The Morgan fingerprint density at radius 1 is 0.870 bits per heavy atom. The molecule has 9 heteroatoms. The number of nitrogens with zero attached hydrogens (tertiary/aromatic N) is 4. The molecule has 0 aliphatic rings. The first kappa shape index (κ1) is 14.3. The van der Waals surface area contributed by atoms with Crippen LogP contribution in [-0.4, -0.2) is 25.0 Å². The van der Waals surface area contributed by atoms with E-state index in [4.69, 9.17) is 0 Å². The third-order valence-electron chi connectivity index (χ3n) is 3.13. The van der Waals surface area contributed by atoms with E-state index < -0.39 is 9.85 Å². The van der Waals surface area contributed by atoms with Gasteiger partial charge in [-0.05, 0) is 0 Å². The molecule has 1 heterocycles. The van der Waals surface area contributed by atoms with Crippen LogP contribution in [0.5, 0.6) is 0 Å². The first-order chi connectivity index (χ1) is 11.0. The van der Waals surface area contributed by atoms with Gasteiger partial charge in [0.25, 0.3) is 11.4 Å². The van der Waals surface area contributed by atoms with Gasteiger partial charge in [0.2, 0.25) is 0 Å². The summed E-state index contributed by atoms with van der Waals surface area (Å²) in [4.78, 5) is 24.9. The number of nitrogens with one attached hydrogen (secondary N) is 1. The third kappa shape index (κ3) is 2.88. The second kappa shape index (κ2) is 5.64. The molecule has 1 aromatic heterocycles. The Balaban J connectivity index is 1.97. The number of aromatic amines is 1. The molecule has 0 amide bonds. The molecule has 0 spiro atoms. The lowest BCUT2D eigenvalue weighted by atomic mass is 10.2. The van der Waals surface area contributed by atoms with Crippen LogP contribution in [0.3, 0.4) is 0 Å². The Hall–Kier alpha value is -3.62. The van der Waals surface area contributed by atoms with E-state index in [1.54, 1.807) is 18.2 Å². The number of non-ortho nitro benzene ring substituents is 2. The van der Waals surface area contributed by atoms with Gasteiger partial charge in [0.15, 0.2) is 11.6 Å². The van der Waals surface area contributed by atoms with Gasteiger partial charge < -0.3 is 0 Å². The molecule has 0 aliphatic heterocycles. The number of aromatic nitrogens is 3. The van der Waals surface area contributed by atoms with Crippen molar-refractivity contribution in [1.29, 1.82) is 0 Å². The monoisotopic (exact) mass is 311 g/mol. The minimum Gasteiger partial charge on any atom is -0.259 e. The highest BCUT2D eigenvalue weighted by Gasteiger charge is 2.13. The lowest BCUT2D eigenvalue weighted by molar-refractivity contribution is -0.385. The van der Waals surface area contributed by atoms with Crippen molar-refractivity contribution in [2.75, 3.05) is 0 Å². The minimum absolute atomic E-state index is 0.0594. The molecule has 9 nitrogen and oxygen atoms in total. The van der Waals surface area contributed by atoms with Crippen LogP contribution in [0.15, 0.2) is 48.5 Å². The number of rotatable bonds is 4. The van der Waals surface area contributed by atoms with Gasteiger partial charge in [0.05, 0.1) is 9.85 Å². The molecule has 0 saturated carbocycles. The fraction of sp³-hybridized carbons (Fsp3) is 0. The number of hydrogen-bond donors (Lipinski definition) is 1. The summed E-state index contributed by atoms with van der Waals surface area (Å²) in [6.45, 7) is 0. The Morgan fingerprint density at radius 3 is 2.04 bits per heavy atom. The fourth-order valence-electron chi connectivity index (χ4n) is 2.05. The van der Waals surface area contributed by atoms with Gasteiger partial charge in [0.1, 0.15) is 0 Å². The maximum Gasteiger partial charge on any atom is 0.270 e. The van der Waals surface area contributed by atoms with Gasteiger partial charge in [-0.1, -0.05) is 24.3 Å². The number of benzene rings is 2. The fourth-order valence-corrected chi connectivity index (χ4v) is 2.05. The molecule has 0 fully saturated rings. The van der Waals surface area contributed by atoms with Crippen molar-refractivity contribution in [3.05, 3.63) is 68.8 Å². The molecule has 1 N–H and O–H groups in total. The van der Waals surface area contributed by atoms with E-state index in [9.17, 15) is 20.2 Å². The number of nitro benzene ring substituents is 2. The SMILES string of the molecule is O=[N+]([O-])c1cccc(-c2n[nH]c(-c3cccc([N+](=O)[O-])c3)n2)c1. The molecular weight excluding hydrogens is 302 g/mol. The van der Waals surface area contributed by atoms with Crippen molar-refractivity contribution in [3.63, 3.8) is 0 Å². The average molecular weight is 311 g/mol. The largest absolute Gasteiger partial charge is 0.270 e. The Bertz CT molecular complexity index is 833. The molecule has 0 unspecified atom stereocenters. The first-order valence-corrected chi connectivity index (χ1v) is 6.46. The quantitative estimate of drug-likeness (QED) is 0.582. The minimum atomic E-state index is -0.502. The third-order valence-corrected chi connectivity index (χ3v) is 3.13. The predicted octanol–water partition coefficient (Wildman–Crippen LogP) is 2.96. The summed E-state index contributed by atoms with van der Waals surface area (Å²) >= 11 is 0. The summed E-state index contributed by atoms with van der Waals surface area (Å²) in [5.41, 5.74) is 0.857. The summed E-state index contributed by atoms with van der Waals surface area (Å²) < 4.78 is 0. The van der Waals surface area contributed by atoms with Crippen LogP contribution in [0.25, 0.3) is 22.8 Å². The van der Waals surface area contributed by atoms with E-state index in [-0.39, 0.29) is 17.2 Å². The number of H-pyrrole nitrogens is 1. The van der Waals surface area contributed by atoms with Crippen LogP contribution >= 0.6 is 0 Å². The summed E-state index contributed by atoms with van der Waals surface area (Å²) in [6.07, 6.45) is 0. The van der Waals surface area contributed by atoms with Crippen LogP contribution in [-0.2, 0) is 0 Å². The molecular formula is C14H9N5O4. The number of hydrogen-bond acceptors (Lipinski definition) is 6. The zero-order valence-corrected chi connectivity index (χ0v) is 11.5. The molecule has 0 atom stereocenters. The molecule has 2 aromatic carbocycles. The maximum atomic E-state index is 10.8. The molecule has 0 radical (unpaired) electrons. The van der Waals surface area contributed by atoms with Gasteiger partial charge in [-0.3, -0.25) is 25.3 Å². The lowest BCUT2D eigenvalue weighted by Gasteiger charge is -1.96. The van der Waals surface area contributed by atoms with Crippen LogP contribution in [0.1, 0.15) is 0 Å². The van der Waals surface area contributed by atoms with Crippen LogP contribution in [0.4, 0.5) is 11.4 Å². The molecule has 0 aliphatic carbocycles. The van der Waals surface area contributed by atoms with Gasteiger partial charge in [0, 0.05) is 35.4 Å². The topological polar surface area (TPSA) is 128 Å². The van der Waals surface area contributed by atoms with Crippen molar-refractivity contribution in [2.45, 2.75) is 0 Å². The summed E-state index contributed by atoms with van der Waals surface area (Å²) in [7, 11) is 0. The molecule has 3 aromatic rings. The average Bonchev–Trinajstić information content (AvgIpc) is 3.05. The highest BCUT2D eigenvalue weighted by Crippen LogP contribution is 2.25. The molecule has 23 heavy (non-hydrogen) atoms. The van der Waals surface area contributed by atoms with Crippen molar-refractivity contribution in [2.24, 2.45) is 0 Å². The molecule has 0 saturated heterocycles. The normalized spacial score (nSPS) is 10.4. The van der Waals surface area contributed by atoms with E-state index in [0.717, 1.165) is 0 Å². The first-order valence-electron chi connectivity index (χ1n) is 6.46. The van der Waals surface area contributed by atoms with Crippen molar-refractivity contribution < 1.29 is 9.85 Å². The second-order valence-corrected chi connectivity index (χ2v) is 4.62. The van der Waals surface area contributed by atoms with Crippen molar-refractivity contribution >= 4 is 11.4 Å². The van der Waals surface area contributed by atoms with Gasteiger partial charge in [-0.15, -0.1) is 0 Å². The van der Waals surface area contributed by atoms with Crippen LogP contribution < -0.4 is 0 Å².